The third-order valence-corrected chi connectivity index (χ3v) is 6.03. The molecule has 0 spiro atoms. The van der Waals surface area contributed by atoms with Crippen LogP contribution in [-0.2, 0) is 11.2 Å². The first-order valence-electron chi connectivity index (χ1n) is 9.81. The van der Waals surface area contributed by atoms with Crippen molar-refractivity contribution in [2.75, 3.05) is 32.1 Å². The standard InChI is InChI=1S/C23H29N3OS.ClH/c1-17-15-18(2)22-20(16-17)24-23(28-22)26(14-8-13-25(3)4)21(27)12-11-19-9-6-5-7-10-19;/h5-7,9-10,15-16H,8,11-14H2,1-4H3;1H. The lowest BCUT2D eigenvalue weighted by atomic mass is 10.1. The van der Waals surface area contributed by atoms with E-state index >= 15 is 0 Å². The molecule has 29 heavy (non-hydrogen) atoms. The highest BCUT2D eigenvalue weighted by atomic mass is 35.5. The van der Waals surface area contributed by atoms with Crippen LogP contribution in [0.15, 0.2) is 42.5 Å². The van der Waals surface area contributed by atoms with Crippen LogP contribution in [0.3, 0.4) is 0 Å². The molecule has 0 bridgehead atoms. The second-order valence-corrected chi connectivity index (χ2v) is 8.59. The molecule has 1 amide bonds. The molecular formula is C23H30ClN3OS. The summed E-state index contributed by atoms with van der Waals surface area (Å²) in [5, 5.41) is 0.820. The Bertz CT molecular complexity index is 940. The Balaban J connectivity index is 0.00000300. The number of rotatable bonds is 8. The van der Waals surface area contributed by atoms with Gasteiger partial charge in [0.2, 0.25) is 5.91 Å². The highest BCUT2D eigenvalue weighted by molar-refractivity contribution is 7.22. The van der Waals surface area contributed by atoms with Gasteiger partial charge in [-0.15, -0.1) is 12.4 Å². The average molecular weight is 432 g/mol. The maximum atomic E-state index is 13.1. The molecular weight excluding hydrogens is 402 g/mol. The van der Waals surface area contributed by atoms with Crippen LogP contribution in [0.5, 0.6) is 0 Å². The Labute approximate surface area is 184 Å². The van der Waals surface area contributed by atoms with Crippen molar-refractivity contribution in [1.82, 2.24) is 9.88 Å². The first-order chi connectivity index (χ1) is 13.4. The lowest BCUT2D eigenvalue weighted by molar-refractivity contribution is -0.118. The van der Waals surface area contributed by atoms with Crippen molar-refractivity contribution in [3.8, 4) is 0 Å². The van der Waals surface area contributed by atoms with E-state index in [1.54, 1.807) is 11.3 Å². The van der Waals surface area contributed by atoms with E-state index in [0.29, 0.717) is 13.0 Å². The van der Waals surface area contributed by atoms with Crippen molar-refractivity contribution in [1.29, 1.82) is 0 Å². The highest BCUT2D eigenvalue weighted by Crippen LogP contribution is 2.32. The third-order valence-electron chi connectivity index (χ3n) is 4.80. The molecule has 1 aromatic heterocycles. The summed E-state index contributed by atoms with van der Waals surface area (Å²) in [4.78, 5) is 22.0. The largest absolute Gasteiger partial charge is 0.309 e. The summed E-state index contributed by atoms with van der Waals surface area (Å²) in [7, 11) is 4.12. The van der Waals surface area contributed by atoms with Gasteiger partial charge in [0.1, 0.15) is 0 Å². The van der Waals surface area contributed by atoms with Crippen LogP contribution in [0.1, 0.15) is 29.5 Å². The zero-order chi connectivity index (χ0) is 20.1. The van der Waals surface area contributed by atoms with E-state index in [1.807, 2.05) is 23.1 Å². The van der Waals surface area contributed by atoms with Gasteiger partial charge in [-0.25, -0.2) is 4.98 Å². The molecule has 0 unspecified atom stereocenters. The molecule has 0 N–H and O–H groups in total. The Morgan fingerprint density at radius 3 is 2.48 bits per heavy atom. The molecule has 6 heteroatoms. The van der Waals surface area contributed by atoms with Crippen LogP contribution in [0.25, 0.3) is 10.2 Å². The van der Waals surface area contributed by atoms with Crippen molar-refractivity contribution in [2.24, 2.45) is 0 Å². The lowest BCUT2D eigenvalue weighted by Crippen LogP contribution is -2.33. The molecule has 1 heterocycles. The van der Waals surface area contributed by atoms with E-state index in [9.17, 15) is 4.79 Å². The Morgan fingerprint density at radius 1 is 1.07 bits per heavy atom. The second-order valence-electron chi connectivity index (χ2n) is 7.61. The van der Waals surface area contributed by atoms with Gasteiger partial charge < -0.3 is 4.90 Å². The van der Waals surface area contributed by atoms with Crippen LogP contribution in [0.2, 0.25) is 0 Å². The smallest absolute Gasteiger partial charge is 0.229 e. The van der Waals surface area contributed by atoms with Crippen molar-refractivity contribution in [2.45, 2.75) is 33.1 Å². The van der Waals surface area contributed by atoms with Gasteiger partial charge in [-0.2, -0.15) is 0 Å². The number of carbonyl (C=O) groups is 1. The summed E-state index contributed by atoms with van der Waals surface area (Å²) in [6.07, 6.45) is 2.19. The normalized spacial score (nSPS) is 10.9. The number of hydrogen-bond acceptors (Lipinski definition) is 4. The van der Waals surface area contributed by atoms with Crippen LogP contribution >= 0.6 is 23.7 Å². The summed E-state index contributed by atoms with van der Waals surface area (Å²) < 4.78 is 1.18. The number of fused-ring (bicyclic) bond motifs is 1. The second kappa shape index (κ2) is 10.7. The lowest BCUT2D eigenvalue weighted by Gasteiger charge is -2.21. The van der Waals surface area contributed by atoms with Gasteiger partial charge in [-0.3, -0.25) is 9.69 Å². The maximum Gasteiger partial charge on any atom is 0.229 e. The van der Waals surface area contributed by atoms with E-state index < -0.39 is 0 Å². The summed E-state index contributed by atoms with van der Waals surface area (Å²) in [5.74, 6) is 0.149. The highest BCUT2D eigenvalue weighted by Gasteiger charge is 2.20. The van der Waals surface area contributed by atoms with Gasteiger partial charge in [0.05, 0.1) is 10.2 Å². The predicted molar refractivity (Wildman–Crippen MR) is 127 cm³/mol. The van der Waals surface area contributed by atoms with Crippen LogP contribution in [0.4, 0.5) is 5.13 Å². The van der Waals surface area contributed by atoms with Crippen LogP contribution in [0, 0.1) is 13.8 Å². The molecule has 0 saturated heterocycles. The fraction of sp³-hybridized carbons (Fsp3) is 0.391. The van der Waals surface area contributed by atoms with E-state index in [-0.39, 0.29) is 18.3 Å². The molecule has 4 nitrogen and oxygen atoms in total. The summed E-state index contributed by atoms with van der Waals surface area (Å²) in [5.41, 5.74) is 4.62. The molecule has 2 aromatic carbocycles. The number of carbonyl (C=O) groups excluding carboxylic acids is 1. The minimum atomic E-state index is 0. The predicted octanol–water partition coefficient (Wildman–Crippen LogP) is 5.25. The number of halogens is 1. The van der Waals surface area contributed by atoms with E-state index in [0.717, 1.165) is 30.0 Å². The zero-order valence-corrected chi connectivity index (χ0v) is 19.3. The third kappa shape index (κ3) is 6.26. The van der Waals surface area contributed by atoms with Crippen molar-refractivity contribution in [3.05, 3.63) is 59.2 Å². The number of thiazole rings is 1. The molecule has 0 atom stereocenters. The fourth-order valence-corrected chi connectivity index (χ4v) is 4.44. The van der Waals surface area contributed by atoms with E-state index in [4.69, 9.17) is 4.98 Å². The maximum absolute atomic E-state index is 13.1. The average Bonchev–Trinajstić information content (AvgIpc) is 3.08. The first kappa shape index (κ1) is 23.3. The number of amides is 1. The van der Waals surface area contributed by atoms with Gasteiger partial charge in [0, 0.05) is 13.0 Å². The summed E-state index contributed by atoms with van der Waals surface area (Å²) >= 11 is 1.63. The monoisotopic (exact) mass is 431 g/mol. The molecule has 3 aromatic rings. The number of aryl methyl sites for hydroxylation is 3. The summed E-state index contributed by atoms with van der Waals surface area (Å²) in [6, 6.07) is 14.5. The SMILES string of the molecule is Cc1cc(C)c2sc(N(CCCN(C)C)C(=O)CCc3ccccc3)nc2c1.Cl. The number of hydrogen-bond donors (Lipinski definition) is 0. The Morgan fingerprint density at radius 2 is 1.79 bits per heavy atom. The van der Waals surface area contributed by atoms with Crippen LogP contribution in [-0.4, -0.2) is 43.0 Å². The number of anilines is 1. The molecule has 0 aliphatic carbocycles. The Kier molecular flexibility index (Phi) is 8.62. The number of aromatic nitrogens is 1. The van der Waals surface area contributed by atoms with E-state index in [2.05, 4.69) is 57.1 Å². The topological polar surface area (TPSA) is 36.4 Å². The molecule has 0 aliphatic rings. The van der Waals surface area contributed by atoms with Gasteiger partial charge in [-0.05, 0) is 70.1 Å². The van der Waals surface area contributed by atoms with Gasteiger partial charge in [0.15, 0.2) is 5.13 Å². The zero-order valence-electron chi connectivity index (χ0n) is 17.6. The minimum Gasteiger partial charge on any atom is -0.309 e. The van der Waals surface area contributed by atoms with Crippen molar-refractivity contribution in [3.63, 3.8) is 0 Å². The molecule has 156 valence electrons. The first-order valence-corrected chi connectivity index (χ1v) is 10.6. The van der Waals surface area contributed by atoms with Gasteiger partial charge in [-0.1, -0.05) is 47.7 Å². The Hall–Kier alpha value is -1.95. The molecule has 3 rings (SSSR count). The number of nitrogens with zero attached hydrogens (tertiary/aromatic N) is 3. The molecule has 0 fully saturated rings. The van der Waals surface area contributed by atoms with Crippen molar-refractivity contribution < 1.29 is 4.79 Å². The van der Waals surface area contributed by atoms with E-state index in [1.165, 1.54) is 21.4 Å². The summed E-state index contributed by atoms with van der Waals surface area (Å²) in [6.45, 7) is 5.85. The number of benzene rings is 2. The minimum absolute atomic E-state index is 0. The quantitative estimate of drug-likeness (QED) is 0.488. The van der Waals surface area contributed by atoms with Crippen molar-refractivity contribution >= 4 is 45.0 Å². The molecule has 0 aliphatic heterocycles. The fourth-order valence-electron chi connectivity index (χ4n) is 3.38. The van der Waals surface area contributed by atoms with Gasteiger partial charge in [0.25, 0.3) is 0 Å². The molecule has 0 radical (unpaired) electrons. The van der Waals surface area contributed by atoms with Gasteiger partial charge >= 0.3 is 0 Å². The molecule has 0 saturated carbocycles. The van der Waals surface area contributed by atoms with Crippen LogP contribution < -0.4 is 4.90 Å².